The number of carbonyl (C=O) groups is 1. The number of nitrogens with zero attached hydrogens (tertiary/aromatic N) is 2. The maximum Gasteiger partial charge on any atom is 0.240 e. The van der Waals surface area contributed by atoms with E-state index in [1.54, 1.807) is 18.9 Å². The van der Waals surface area contributed by atoms with Gasteiger partial charge in [0.15, 0.2) is 0 Å². The fourth-order valence-electron chi connectivity index (χ4n) is 1.82. The Balaban J connectivity index is 2.60. The predicted molar refractivity (Wildman–Crippen MR) is 78.8 cm³/mol. The van der Waals surface area contributed by atoms with E-state index in [1.807, 2.05) is 24.3 Å². The van der Waals surface area contributed by atoms with Crippen LogP contribution in [-0.4, -0.2) is 36.4 Å². The van der Waals surface area contributed by atoms with Gasteiger partial charge < -0.3 is 9.64 Å². The first-order chi connectivity index (χ1) is 9.58. The van der Waals surface area contributed by atoms with Crippen LogP contribution in [0.4, 0.5) is 0 Å². The zero-order valence-corrected chi connectivity index (χ0v) is 12.6. The highest BCUT2D eigenvalue weighted by molar-refractivity contribution is 6.30. The number of hydrogen-bond acceptors (Lipinski definition) is 3. The van der Waals surface area contributed by atoms with Crippen LogP contribution in [0.3, 0.4) is 0 Å². The summed E-state index contributed by atoms with van der Waals surface area (Å²) in [5, 5.41) is 8.08. The minimum Gasteiger partial charge on any atom is -0.497 e. The molecule has 0 saturated carbocycles. The highest BCUT2D eigenvalue weighted by atomic mass is 35.5. The summed E-state index contributed by atoms with van der Waals surface area (Å²) in [4.78, 5) is 13.6. The molecular weight excluding hydrogens is 276 g/mol. The minimum atomic E-state index is -0.565. The molecule has 1 amide bonds. The number of amides is 1. The third-order valence-electron chi connectivity index (χ3n) is 2.97. The molecule has 0 fully saturated rings. The Morgan fingerprint density at radius 2 is 2.05 bits per heavy atom. The molecule has 1 aromatic rings. The molecule has 0 heterocycles. The van der Waals surface area contributed by atoms with Gasteiger partial charge in [-0.15, -0.1) is 11.6 Å². The van der Waals surface area contributed by atoms with Crippen LogP contribution in [-0.2, 0) is 11.2 Å². The molecule has 5 heteroatoms. The number of benzene rings is 1. The summed E-state index contributed by atoms with van der Waals surface area (Å²) in [5.41, 5.74) is 1.11. The zero-order chi connectivity index (χ0) is 15.0. The van der Waals surface area contributed by atoms with E-state index in [2.05, 4.69) is 6.07 Å². The van der Waals surface area contributed by atoms with Gasteiger partial charge in [0.25, 0.3) is 0 Å². The van der Waals surface area contributed by atoms with Crippen molar-refractivity contribution in [2.24, 2.45) is 0 Å². The largest absolute Gasteiger partial charge is 0.497 e. The van der Waals surface area contributed by atoms with Crippen LogP contribution in [0.2, 0.25) is 0 Å². The van der Waals surface area contributed by atoms with Crippen LogP contribution in [0.1, 0.15) is 18.9 Å². The van der Waals surface area contributed by atoms with Gasteiger partial charge in [-0.3, -0.25) is 4.79 Å². The Bertz CT molecular complexity index is 466. The van der Waals surface area contributed by atoms with E-state index < -0.39 is 5.38 Å². The van der Waals surface area contributed by atoms with Crippen molar-refractivity contribution >= 4 is 17.5 Å². The SMILES string of the molecule is COc1ccc(CCN(CCC#N)C(=O)C(C)Cl)cc1. The average molecular weight is 295 g/mol. The number of alkyl halides is 1. The molecule has 0 aliphatic rings. The van der Waals surface area contributed by atoms with Crippen molar-refractivity contribution in [2.45, 2.75) is 25.1 Å². The Morgan fingerprint density at radius 3 is 2.55 bits per heavy atom. The lowest BCUT2D eigenvalue weighted by Gasteiger charge is -2.22. The van der Waals surface area contributed by atoms with Crippen molar-refractivity contribution in [1.29, 1.82) is 5.26 Å². The molecule has 1 rings (SSSR count). The second kappa shape index (κ2) is 8.44. The molecule has 1 unspecified atom stereocenters. The van der Waals surface area contributed by atoms with Gasteiger partial charge in [0.05, 0.1) is 19.6 Å². The highest BCUT2D eigenvalue weighted by Gasteiger charge is 2.17. The normalized spacial score (nSPS) is 11.5. The summed E-state index contributed by atoms with van der Waals surface area (Å²) < 4.78 is 5.10. The highest BCUT2D eigenvalue weighted by Crippen LogP contribution is 2.12. The van der Waals surface area contributed by atoms with Gasteiger partial charge in [0, 0.05) is 13.1 Å². The molecule has 0 saturated heterocycles. The van der Waals surface area contributed by atoms with Crippen molar-refractivity contribution in [1.82, 2.24) is 4.90 Å². The van der Waals surface area contributed by atoms with Crippen molar-refractivity contribution < 1.29 is 9.53 Å². The van der Waals surface area contributed by atoms with E-state index in [1.165, 1.54) is 0 Å². The number of hydrogen-bond donors (Lipinski definition) is 0. The van der Waals surface area contributed by atoms with E-state index in [4.69, 9.17) is 21.6 Å². The van der Waals surface area contributed by atoms with Crippen molar-refractivity contribution in [3.63, 3.8) is 0 Å². The predicted octanol–water partition coefficient (Wildman–Crippen LogP) is 2.61. The first-order valence-electron chi connectivity index (χ1n) is 6.51. The lowest BCUT2D eigenvalue weighted by molar-refractivity contribution is -0.130. The molecule has 108 valence electrons. The summed E-state index contributed by atoms with van der Waals surface area (Å²) >= 11 is 5.83. The number of rotatable bonds is 7. The summed E-state index contributed by atoms with van der Waals surface area (Å²) in [6.07, 6.45) is 1.04. The second-order valence-corrected chi connectivity index (χ2v) is 5.10. The number of halogens is 1. The summed E-state index contributed by atoms with van der Waals surface area (Å²) in [6, 6.07) is 9.77. The van der Waals surface area contributed by atoms with Crippen LogP contribution >= 0.6 is 11.6 Å². The Labute approximate surface area is 124 Å². The molecule has 0 radical (unpaired) electrons. The molecule has 0 N–H and O–H groups in total. The molecule has 1 aromatic carbocycles. The van der Waals surface area contributed by atoms with E-state index in [0.717, 1.165) is 17.7 Å². The van der Waals surface area contributed by atoms with E-state index >= 15 is 0 Å². The van der Waals surface area contributed by atoms with Crippen molar-refractivity contribution in [2.75, 3.05) is 20.2 Å². The van der Waals surface area contributed by atoms with E-state index in [0.29, 0.717) is 19.5 Å². The van der Waals surface area contributed by atoms with Gasteiger partial charge in [-0.25, -0.2) is 0 Å². The van der Waals surface area contributed by atoms with Crippen molar-refractivity contribution in [3.8, 4) is 11.8 Å². The zero-order valence-electron chi connectivity index (χ0n) is 11.8. The molecule has 0 spiro atoms. The summed E-state index contributed by atoms with van der Waals surface area (Å²) in [7, 11) is 1.62. The molecule has 0 aliphatic heterocycles. The maximum absolute atomic E-state index is 11.9. The fourth-order valence-corrected chi connectivity index (χ4v) is 1.96. The van der Waals surface area contributed by atoms with Crippen LogP contribution < -0.4 is 4.74 Å². The van der Waals surface area contributed by atoms with Gasteiger partial charge in [0.1, 0.15) is 11.1 Å². The lowest BCUT2D eigenvalue weighted by Crippen LogP contribution is -2.37. The molecule has 0 bridgehead atoms. The Kier molecular flexibility index (Phi) is 6.89. The Hall–Kier alpha value is -1.73. The maximum atomic E-state index is 11.9. The van der Waals surface area contributed by atoms with Gasteiger partial charge in [0.2, 0.25) is 5.91 Å². The molecule has 0 aliphatic carbocycles. The van der Waals surface area contributed by atoms with Crippen molar-refractivity contribution in [3.05, 3.63) is 29.8 Å². The van der Waals surface area contributed by atoms with Crippen LogP contribution in [0.5, 0.6) is 5.75 Å². The van der Waals surface area contributed by atoms with Gasteiger partial charge >= 0.3 is 0 Å². The number of ether oxygens (including phenoxy) is 1. The number of carbonyl (C=O) groups excluding carboxylic acids is 1. The molecule has 4 nitrogen and oxygen atoms in total. The molecular formula is C15H19ClN2O2. The van der Waals surface area contributed by atoms with Crippen LogP contribution in [0, 0.1) is 11.3 Å². The van der Waals surface area contributed by atoms with Gasteiger partial charge in [-0.05, 0) is 31.0 Å². The monoisotopic (exact) mass is 294 g/mol. The quantitative estimate of drug-likeness (QED) is 0.726. The van der Waals surface area contributed by atoms with Gasteiger partial charge in [-0.1, -0.05) is 12.1 Å². The van der Waals surface area contributed by atoms with E-state index in [9.17, 15) is 4.79 Å². The summed E-state index contributed by atoms with van der Waals surface area (Å²) in [5.74, 6) is 0.677. The Morgan fingerprint density at radius 1 is 1.40 bits per heavy atom. The number of methoxy groups -OCH3 is 1. The molecule has 0 aromatic heterocycles. The number of nitriles is 1. The molecule has 20 heavy (non-hydrogen) atoms. The van der Waals surface area contributed by atoms with Crippen LogP contribution in [0.15, 0.2) is 24.3 Å². The minimum absolute atomic E-state index is 0.129. The fraction of sp³-hybridized carbons (Fsp3) is 0.467. The lowest BCUT2D eigenvalue weighted by atomic mass is 10.1. The van der Waals surface area contributed by atoms with Crippen LogP contribution in [0.25, 0.3) is 0 Å². The third kappa shape index (κ3) is 5.10. The smallest absolute Gasteiger partial charge is 0.240 e. The second-order valence-electron chi connectivity index (χ2n) is 4.45. The first-order valence-corrected chi connectivity index (χ1v) is 6.95. The van der Waals surface area contributed by atoms with E-state index in [-0.39, 0.29) is 5.91 Å². The standard InChI is InChI=1S/C15H19ClN2O2/c1-12(16)15(19)18(10-3-9-17)11-8-13-4-6-14(20-2)7-5-13/h4-7,12H,3,8,10-11H2,1-2H3. The van der Waals surface area contributed by atoms with Gasteiger partial charge in [-0.2, -0.15) is 5.26 Å². The summed E-state index contributed by atoms with van der Waals surface area (Å²) in [6.45, 7) is 2.63. The molecule has 1 atom stereocenters. The average Bonchev–Trinajstić information content (AvgIpc) is 2.47. The third-order valence-corrected chi connectivity index (χ3v) is 3.16. The first kappa shape index (κ1) is 16.3. The topological polar surface area (TPSA) is 53.3 Å².